The number of nitrogens with one attached hydrogen (secondary N) is 1. The number of hydrogen-bond acceptors (Lipinski definition) is 2. The molecule has 1 N–H and O–H groups in total. The van der Waals surface area contributed by atoms with E-state index in [1.165, 1.54) is 0 Å². The fourth-order valence-electron chi connectivity index (χ4n) is 2.43. The summed E-state index contributed by atoms with van der Waals surface area (Å²) in [4.78, 5) is 16.5. The number of carbonyl (C=O) groups is 1. The number of hydrogen-bond donors (Lipinski definition) is 1. The molecule has 1 heterocycles. The van der Waals surface area contributed by atoms with Gasteiger partial charge in [0.15, 0.2) is 0 Å². The van der Waals surface area contributed by atoms with Crippen LogP contribution in [0.1, 0.15) is 18.4 Å². The molecule has 3 rings (SSSR count). The summed E-state index contributed by atoms with van der Waals surface area (Å²) in [5.41, 5.74) is 2.70. The number of allylic oxidation sites excluding steroid dienone is 1. The molecule has 0 saturated carbocycles. The molecule has 2 aromatic carbocycles. The van der Waals surface area contributed by atoms with Crippen LogP contribution in [0.15, 0.2) is 71.3 Å². The predicted molar refractivity (Wildman–Crippen MR) is 103 cm³/mol. The van der Waals surface area contributed by atoms with Crippen LogP contribution in [-0.2, 0) is 4.79 Å². The van der Waals surface area contributed by atoms with Gasteiger partial charge in [0.2, 0.25) is 5.91 Å². The van der Waals surface area contributed by atoms with Gasteiger partial charge in [-0.05, 0) is 36.2 Å². The summed E-state index contributed by atoms with van der Waals surface area (Å²) in [5, 5.41) is 3.97. The zero-order chi connectivity index (χ0) is 16.8. The van der Waals surface area contributed by atoms with Crippen molar-refractivity contribution in [3.05, 3.63) is 76.9 Å². The Morgan fingerprint density at radius 3 is 2.71 bits per heavy atom. The third-order valence-electron chi connectivity index (χ3n) is 3.63. The smallest absolute Gasteiger partial charge is 0.224 e. The van der Waals surface area contributed by atoms with Crippen LogP contribution in [0.3, 0.4) is 0 Å². The summed E-state index contributed by atoms with van der Waals surface area (Å²) in [5.74, 6) is -0.00592. The van der Waals surface area contributed by atoms with Gasteiger partial charge in [-0.3, -0.25) is 9.78 Å². The number of fused-ring (bicyclic) bond motifs is 1. The lowest BCUT2D eigenvalue weighted by Crippen LogP contribution is -2.11. The summed E-state index contributed by atoms with van der Waals surface area (Å²) < 4.78 is 1.06. The second-order valence-electron chi connectivity index (χ2n) is 5.42. The first-order valence-corrected chi connectivity index (χ1v) is 8.57. The predicted octanol–water partition coefficient (Wildman–Crippen LogP) is 5.43. The van der Waals surface area contributed by atoms with Crippen molar-refractivity contribution in [2.75, 3.05) is 5.32 Å². The fourth-order valence-corrected chi connectivity index (χ4v) is 2.69. The molecule has 0 atom stereocenters. The van der Waals surface area contributed by atoms with E-state index in [1.807, 2.05) is 66.7 Å². The summed E-state index contributed by atoms with van der Waals surface area (Å²) in [6.07, 6.45) is 6.92. The first kappa shape index (κ1) is 16.4. The minimum absolute atomic E-state index is 0.00592. The van der Waals surface area contributed by atoms with Crippen LogP contribution in [0.2, 0.25) is 0 Å². The van der Waals surface area contributed by atoms with Gasteiger partial charge in [0.1, 0.15) is 0 Å². The molecule has 0 spiro atoms. The third-order valence-corrected chi connectivity index (χ3v) is 4.15. The molecule has 120 valence electrons. The number of carbonyl (C=O) groups excluding carboxylic acids is 1. The molecule has 4 heteroatoms. The molecule has 0 aliphatic heterocycles. The number of anilines is 1. The van der Waals surface area contributed by atoms with Crippen LogP contribution in [0, 0.1) is 0 Å². The van der Waals surface area contributed by atoms with E-state index in [9.17, 15) is 4.79 Å². The second-order valence-corrected chi connectivity index (χ2v) is 6.34. The summed E-state index contributed by atoms with van der Waals surface area (Å²) in [6, 6.07) is 17.7. The van der Waals surface area contributed by atoms with E-state index < -0.39 is 0 Å². The quantitative estimate of drug-likeness (QED) is 0.640. The van der Waals surface area contributed by atoms with Crippen molar-refractivity contribution in [3.8, 4) is 0 Å². The number of benzene rings is 2. The molecular weight excluding hydrogens is 364 g/mol. The summed E-state index contributed by atoms with van der Waals surface area (Å²) in [7, 11) is 0. The molecule has 0 bridgehead atoms. The minimum atomic E-state index is -0.00592. The average molecular weight is 381 g/mol. The van der Waals surface area contributed by atoms with E-state index >= 15 is 0 Å². The Labute approximate surface area is 149 Å². The Bertz CT molecular complexity index is 867. The van der Waals surface area contributed by atoms with Gasteiger partial charge in [-0.25, -0.2) is 0 Å². The summed E-state index contributed by atoms with van der Waals surface area (Å²) >= 11 is 3.41. The van der Waals surface area contributed by atoms with Gasteiger partial charge in [-0.15, -0.1) is 0 Å². The maximum atomic E-state index is 12.1. The van der Waals surface area contributed by atoms with Gasteiger partial charge in [-0.1, -0.05) is 58.4 Å². The van der Waals surface area contributed by atoms with Gasteiger partial charge in [-0.2, -0.15) is 0 Å². The van der Waals surface area contributed by atoms with Crippen LogP contribution < -0.4 is 5.32 Å². The van der Waals surface area contributed by atoms with Crippen LogP contribution in [-0.4, -0.2) is 10.9 Å². The van der Waals surface area contributed by atoms with Gasteiger partial charge in [0, 0.05) is 22.5 Å². The maximum absolute atomic E-state index is 12.1. The van der Waals surface area contributed by atoms with Crippen molar-refractivity contribution in [2.45, 2.75) is 12.8 Å². The molecule has 3 nitrogen and oxygen atoms in total. The van der Waals surface area contributed by atoms with Crippen LogP contribution in [0.5, 0.6) is 0 Å². The van der Waals surface area contributed by atoms with Crippen molar-refractivity contribution in [3.63, 3.8) is 0 Å². The average Bonchev–Trinajstić information content (AvgIpc) is 2.61. The Morgan fingerprint density at radius 2 is 1.88 bits per heavy atom. The van der Waals surface area contributed by atoms with E-state index in [-0.39, 0.29) is 5.91 Å². The molecule has 3 aromatic rings. The van der Waals surface area contributed by atoms with Crippen molar-refractivity contribution in [1.82, 2.24) is 4.98 Å². The zero-order valence-corrected chi connectivity index (χ0v) is 14.7. The topological polar surface area (TPSA) is 42.0 Å². The van der Waals surface area contributed by atoms with Crippen LogP contribution >= 0.6 is 15.9 Å². The number of amides is 1. The molecule has 0 aliphatic carbocycles. The molecule has 0 unspecified atom stereocenters. The number of nitrogens with zero attached hydrogens (tertiary/aromatic N) is 1. The van der Waals surface area contributed by atoms with Gasteiger partial charge >= 0.3 is 0 Å². The zero-order valence-electron chi connectivity index (χ0n) is 13.1. The molecule has 0 radical (unpaired) electrons. The highest BCUT2D eigenvalue weighted by Crippen LogP contribution is 2.20. The molecule has 0 saturated heterocycles. The number of halogens is 1. The lowest BCUT2D eigenvalue weighted by molar-refractivity contribution is -0.116. The maximum Gasteiger partial charge on any atom is 0.224 e. The molecule has 24 heavy (non-hydrogen) atoms. The highest BCUT2D eigenvalue weighted by atomic mass is 79.9. The lowest BCUT2D eigenvalue weighted by atomic mass is 10.1. The second kappa shape index (κ2) is 7.88. The molecule has 1 amide bonds. The highest BCUT2D eigenvalue weighted by molar-refractivity contribution is 9.10. The SMILES string of the molecule is O=C(CC/C=C\c1ccc(Br)cc1)Nc1cccc2cccnc12. The fraction of sp³-hybridized carbons (Fsp3) is 0.100. The Balaban J connectivity index is 1.56. The molecule has 1 aromatic heterocycles. The molecule has 0 fully saturated rings. The van der Waals surface area contributed by atoms with Crippen molar-refractivity contribution < 1.29 is 4.79 Å². The van der Waals surface area contributed by atoms with Gasteiger partial charge in [0.05, 0.1) is 11.2 Å². The normalized spacial score (nSPS) is 11.0. The monoisotopic (exact) mass is 380 g/mol. The van der Waals surface area contributed by atoms with Crippen molar-refractivity contribution in [1.29, 1.82) is 0 Å². The van der Waals surface area contributed by atoms with Crippen molar-refractivity contribution >= 4 is 44.5 Å². The van der Waals surface area contributed by atoms with E-state index in [1.54, 1.807) is 6.20 Å². The van der Waals surface area contributed by atoms with E-state index in [2.05, 4.69) is 26.2 Å². The number of rotatable bonds is 5. The number of aromatic nitrogens is 1. The minimum Gasteiger partial charge on any atom is -0.324 e. The standard InChI is InChI=1S/C20H17BrN2O/c21-17-12-10-15(11-13-17)5-1-2-9-19(24)23-18-8-3-6-16-7-4-14-22-20(16)18/h1,3-8,10-14H,2,9H2,(H,23,24)/b5-1-. The summed E-state index contributed by atoms with van der Waals surface area (Å²) in [6.45, 7) is 0. The third kappa shape index (κ3) is 4.30. The molecular formula is C20H17BrN2O. The van der Waals surface area contributed by atoms with Gasteiger partial charge in [0.25, 0.3) is 0 Å². The van der Waals surface area contributed by atoms with E-state index in [4.69, 9.17) is 0 Å². The Kier molecular flexibility index (Phi) is 5.39. The van der Waals surface area contributed by atoms with E-state index in [0.29, 0.717) is 12.8 Å². The largest absolute Gasteiger partial charge is 0.324 e. The first-order chi connectivity index (χ1) is 11.7. The van der Waals surface area contributed by atoms with E-state index in [0.717, 1.165) is 26.6 Å². The van der Waals surface area contributed by atoms with Crippen molar-refractivity contribution in [2.24, 2.45) is 0 Å². The number of pyridine rings is 1. The Hall–Kier alpha value is -2.46. The number of para-hydroxylation sites is 1. The highest BCUT2D eigenvalue weighted by Gasteiger charge is 2.05. The van der Waals surface area contributed by atoms with Crippen LogP contribution in [0.4, 0.5) is 5.69 Å². The van der Waals surface area contributed by atoms with Gasteiger partial charge < -0.3 is 5.32 Å². The lowest BCUT2D eigenvalue weighted by Gasteiger charge is -2.07. The first-order valence-electron chi connectivity index (χ1n) is 7.78. The molecule has 0 aliphatic rings. The van der Waals surface area contributed by atoms with Crippen LogP contribution in [0.25, 0.3) is 17.0 Å². The Morgan fingerprint density at radius 1 is 1.08 bits per heavy atom.